The lowest BCUT2D eigenvalue weighted by Crippen LogP contribution is -2.56. The summed E-state index contributed by atoms with van der Waals surface area (Å²) in [5.74, 6) is -0.282. The zero-order valence-electron chi connectivity index (χ0n) is 11.3. The summed E-state index contributed by atoms with van der Waals surface area (Å²) in [6.45, 7) is 6.13. The Morgan fingerprint density at radius 3 is 2.56 bits per heavy atom. The number of hydrogen-bond acceptors (Lipinski definition) is 3. The lowest BCUT2D eigenvalue weighted by Gasteiger charge is -2.45. The van der Waals surface area contributed by atoms with Crippen molar-refractivity contribution in [2.45, 2.75) is 46.1 Å². The van der Waals surface area contributed by atoms with Crippen molar-refractivity contribution in [2.75, 3.05) is 6.54 Å². The molecule has 1 aliphatic heterocycles. The van der Waals surface area contributed by atoms with Crippen LogP contribution in [0.4, 0.5) is 0 Å². The minimum absolute atomic E-state index is 0.0498. The highest BCUT2D eigenvalue weighted by Crippen LogP contribution is 2.39. The Bertz CT molecular complexity index is 389. The smallest absolute Gasteiger partial charge is 0.233 e. The van der Waals surface area contributed by atoms with E-state index in [0.717, 1.165) is 6.42 Å². The molecule has 4 nitrogen and oxygen atoms in total. The molecule has 0 aromatic carbocycles. The molecular weight excluding hydrogens is 230 g/mol. The topological polar surface area (TPSA) is 54.5 Å². The summed E-state index contributed by atoms with van der Waals surface area (Å²) in [6.07, 6.45) is 1.84. The van der Waals surface area contributed by atoms with E-state index in [1.54, 1.807) is 0 Å². The van der Waals surface area contributed by atoms with Gasteiger partial charge in [-0.3, -0.25) is 14.4 Å². The number of likely N-dealkylation sites (tertiary alicyclic amines) is 1. The number of hydrogen-bond donors (Lipinski definition) is 0. The number of Topliss-reactive ketones (excluding diaryl/α,β-unsaturated/α-hetero) is 2. The van der Waals surface area contributed by atoms with E-state index in [2.05, 4.69) is 0 Å². The molecule has 0 spiro atoms. The number of fused-ring (bicyclic) bond motifs is 1. The van der Waals surface area contributed by atoms with Crippen molar-refractivity contribution in [2.24, 2.45) is 17.8 Å². The molecule has 0 aromatic heterocycles. The molecule has 3 atom stereocenters. The second-order valence-electron chi connectivity index (χ2n) is 5.88. The van der Waals surface area contributed by atoms with Crippen LogP contribution in [0.1, 0.15) is 40.0 Å². The summed E-state index contributed by atoms with van der Waals surface area (Å²) in [5.41, 5.74) is 0. The van der Waals surface area contributed by atoms with Gasteiger partial charge >= 0.3 is 0 Å². The number of nitrogens with zero attached hydrogens (tertiary/aromatic N) is 1. The number of carbonyl (C=O) groups excluding carboxylic acids is 3. The molecule has 0 N–H and O–H groups in total. The van der Waals surface area contributed by atoms with E-state index in [9.17, 15) is 14.4 Å². The molecule has 0 aromatic rings. The van der Waals surface area contributed by atoms with Crippen LogP contribution >= 0.6 is 0 Å². The van der Waals surface area contributed by atoms with Gasteiger partial charge in [-0.25, -0.2) is 0 Å². The summed E-state index contributed by atoms with van der Waals surface area (Å²) >= 11 is 0. The summed E-state index contributed by atoms with van der Waals surface area (Å²) in [5, 5.41) is 0. The largest absolute Gasteiger partial charge is 0.339 e. The number of rotatable bonds is 2. The summed E-state index contributed by atoms with van der Waals surface area (Å²) in [6, 6.07) is 0.123. The van der Waals surface area contributed by atoms with Gasteiger partial charge in [-0.1, -0.05) is 0 Å². The molecule has 1 amide bonds. The lowest BCUT2D eigenvalue weighted by atomic mass is 9.67. The molecule has 1 saturated heterocycles. The minimum atomic E-state index is -0.588. The van der Waals surface area contributed by atoms with Crippen molar-refractivity contribution < 1.29 is 14.4 Å². The maximum Gasteiger partial charge on any atom is 0.233 e. The third-order valence-corrected chi connectivity index (χ3v) is 4.33. The zero-order valence-corrected chi connectivity index (χ0v) is 11.3. The zero-order chi connectivity index (χ0) is 13.4. The average Bonchev–Trinajstić information content (AvgIpc) is 2.26. The van der Waals surface area contributed by atoms with E-state index >= 15 is 0 Å². The molecule has 1 aliphatic carbocycles. The minimum Gasteiger partial charge on any atom is -0.339 e. The first-order valence-electron chi connectivity index (χ1n) is 6.74. The monoisotopic (exact) mass is 251 g/mol. The quantitative estimate of drug-likeness (QED) is 0.698. The molecule has 3 unspecified atom stereocenters. The number of amides is 1. The molecule has 1 heterocycles. The van der Waals surface area contributed by atoms with Gasteiger partial charge in [0, 0.05) is 25.4 Å². The SMILES string of the molecule is CC(=O)C1C(=O)N(C(C)C)CC2CCC(=O)CC21. The van der Waals surface area contributed by atoms with Crippen LogP contribution in [0.3, 0.4) is 0 Å². The van der Waals surface area contributed by atoms with Gasteiger partial charge < -0.3 is 4.90 Å². The van der Waals surface area contributed by atoms with Crippen LogP contribution in [0.2, 0.25) is 0 Å². The summed E-state index contributed by atoms with van der Waals surface area (Å²) < 4.78 is 0. The van der Waals surface area contributed by atoms with Gasteiger partial charge in [0.25, 0.3) is 0 Å². The molecule has 100 valence electrons. The molecular formula is C14H21NO3. The van der Waals surface area contributed by atoms with E-state index in [-0.39, 0.29) is 29.4 Å². The average molecular weight is 251 g/mol. The fourth-order valence-corrected chi connectivity index (χ4v) is 3.35. The second-order valence-corrected chi connectivity index (χ2v) is 5.88. The standard InChI is InChI=1S/C14H21NO3/c1-8(2)15-7-10-4-5-11(17)6-12(10)13(9(3)16)14(15)18/h8,10,12-13H,4-7H2,1-3H3. The van der Waals surface area contributed by atoms with E-state index in [4.69, 9.17) is 0 Å². The van der Waals surface area contributed by atoms with E-state index in [0.29, 0.717) is 25.3 Å². The summed E-state index contributed by atoms with van der Waals surface area (Å²) in [7, 11) is 0. The van der Waals surface area contributed by atoms with Crippen molar-refractivity contribution in [1.29, 1.82) is 0 Å². The van der Waals surface area contributed by atoms with Gasteiger partial charge in [-0.15, -0.1) is 0 Å². The molecule has 0 radical (unpaired) electrons. The first kappa shape index (κ1) is 13.2. The van der Waals surface area contributed by atoms with E-state index in [1.807, 2.05) is 18.7 Å². The number of carbonyl (C=O) groups is 3. The Hall–Kier alpha value is -1.19. The van der Waals surface area contributed by atoms with Gasteiger partial charge in [0.1, 0.15) is 11.6 Å². The predicted octanol–water partition coefficient (Wildman–Crippen LogP) is 1.43. The molecule has 1 saturated carbocycles. The van der Waals surface area contributed by atoms with Crippen LogP contribution in [0.15, 0.2) is 0 Å². The Kier molecular flexibility index (Phi) is 3.55. The maximum atomic E-state index is 12.4. The first-order valence-corrected chi connectivity index (χ1v) is 6.74. The van der Waals surface area contributed by atoms with E-state index < -0.39 is 5.92 Å². The van der Waals surface area contributed by atoms with Crippen molar-refractivity contribution in [3.8, 4) is 0 Å². The number of piperidine rings is 1. The third kappa shape index (κ3) is 2.20. The third-order valence-electron chi connectivity index (χ3n) is 4.33. The van der Waals surface area contributed by atoms with Crippen molar-refractivity contribution in [1.82, 2.24) is 4.90 Å². The molecule has 18 heavy (non-hydrogen) atoms. The van der Waals surface area contributed by atoms with Crippen LogP contribution < -0.4 is 0 Å². The Balaban J connectivity index is 2.29. The molecule has 2 fully saturated rings. The van der Waals surface area contributed by atoms with Crippen molar-refractivity contribution >= 4 is 17.5 Å². The molecule has 2 aliphatic rings. The Morgan fingerprint density at radius 1 is 1.33 bits per heavy atom. The molecule has 0 bridgehead atoms. The van der Waals surface area contributed by atoms with Crippen molar-refractivity contribution in [3.05, 3.63) is 0 Å². The molecule has 4 heteroatoms. The van der Waals surface area contributed by atoms with Gasteiger partial charge in [-0.2, -0.15) is 0 Å². The Morgan fingerprint density at radius 2 is 2.00 bits per heavy atom. The van der Waals surface area contributed by atoms with Gasteiger partial charge in [-0.05, 0) is 39.0 Å². The van der Waals surface area contributed by atoms with Crippen LogP contribution in [0.5, 0.6) is 0 Å². The van der Waals surface area contributed by atoms with E-state index in [1.165, 1.54) is 6.92 Å². The summed E-state index contributed by atoms with van der Waals surface area (Å²) in [4.78, 5) is 37.5. The van der Waals surface area contributed by atoms with Crippen LogP contribution in [-0.4, -0.2) is 35.0 Å². The number of ketones is 2. The van der Waals surface area contributed by atoms with Gasteiger partial charge in [0.15, 0.2) is 0 Å². The fraction of sp³-hybridized carbons (Fsp3) is 0.786. The Labute approximate surface area is 108 Å². The first-order chi connectivity index (χ1) is 8.41. The normalized spacial score (nSPS) is 32.7. The predicted molar refractivity (Wildman–Crippen MR) is 66.9 cm³/mol. The van der Waals surface area contributed by atoms with Crippen LogP contribution in [0, 0.1) is 17.8 Å². The fourth-order valence-electron chi connectivity index (χ4n) is 3.35. The van der Waals surface area contributed by atoms with Gasteiger partial charge in [0.05, 0.1) is 5.92 Å². The lowest BCUT2D eigenvalue weighted by molar-refractivity contribution is -0.153. The van der Waals surface area contributed by atoms with Crippen LogP contribution in [0.25, 0.3) is 0 Å². The highest BCUT2D eigenvalue weighted by atomic mass is 16.2. The van der Waals surface area contributed by atoms with Crippen LogP contribution in [-0.2, 0) is 14.4 Å². The second kappa shape index (κ2) is 4.82. The highest BCUT2D eigenvalue weighted by Gasteiger charge is 2.47. The maximum absolute atomic E-state index is 12.4. The molecule has 2 rings (SSSR count). The van der Waals surface area contributed by atoms with Crippen molar-refractivity contribution in [3.63, 3.8) is 0 Å². The highest BCUT2D eigenvalue weighted by molar-refractivity contribution is 6.02. The van der Waals surface area contributed by atoms with Gasteiger partial charge in [0.2, 0.25) is 5.91 Å².